The van der Waals surface area contributed by atoms with E-state index in [0.717, 1.165) is 13.1 Å². The van der Waals surface area contributed by atoms with Crippen LogP contribution in [0.2, 0.25) is 0 Å². The van der Waals surface area contributed by atoms with Crippen molar-refractivity contribution in [2.24, 2.45) is 5.92 Å². The van der Waals surface area contributed by atoms with E-state index in [1.807, 2.05) is 19.4 Å². The number of benzene rings is 1. The number of hydrogen-bond acceptors (Lipinski definition) is 3. The number of furan rings is 1. The Balaban J connectivity index is 1.93. The summed E-state index contributed by atoms with van der Waals surface area (Å²) in [6.45, 7) is 4.25. The molecule has 0 bridgehead atoms. The largest absolute Gasteiger partial charge is 0.472 e. The fourth-order valence-corrected chi connectivity index (χ4v) is 2.80. The maximum Gasteiger partial charge on any atom is 0.0947 e. The molecule has 1 aromatic carbocycles. The van der Waals surface area contributed by atoms with E-state index in [0.29, 0.717) is 12.0 Å². The van der Waals surface area contributed by atoms with Crippen LogP contribution in [0.4, 0.5) is 0 Å². The van der Waals surface area contributed by atoms with Gasteiger partial charge in [0.25, 0.3) is 0 Å². The third-order valence-electron chi connectivity index (χ3n) is 3.67. The van der Waals surface area contributed by atoms with Crippen LogP contribution in [0.5, 0.6) is 0 Å². The van der Waals surface area contributed by atoms with Crippen LogP contribution in [0.3, 0.4) is 0 Å². The van der Waals surface area contributed by atoms with E-state index in [1.165, 1.54) is 11.1 Å². The molecular formula is C17H24N2O. The fourth-order valence-electron chi connectivity index (χ4n) is 2.80. The molecule has 0 spiro atoms. The molecule has 0 aliphatic heterocycles. The molecule has 0 radical (unpaired) electrons. The second-order valence-corrected chi connectivity index (χ2v) is 5.48. The predicted octanol–water partition coefficient (Wildman–Crippen LogP) is 3.31. The molecule has 1 heterocycles. The van der Waals surface area contributed by atoms with Crippen molar-refractivity contribution in [2.45, 2.75) is 19.5 Å². The normalized spacial score (nSPS) is 14.4. The first kappa shape index (κ1) is 14.8. The van der Waals surface area contributed by atoms with Gasteiger partial charge in [-0.2, -0.15) is 0 Å². The highest BCUT2D eigenvalue weighted by Crippen LogP contribution is 2.22. The van der Waals surface area contributed by atoms with Crippen LogP contribution in [-0.4, -0.2) is 25.5 Å². The SMILES string of the molecule is CNC(c1ccccc1)C(C)CN(C)Cc1ccoc1. The molecule has 3 heteroatoms. The molecule has 0 fully saturated rings. The summed E-state index contributed by atoms with van der Waals surface area (Å²) in [4.78, 5) is 2.34. The lowest BCUT2D eigenvalue weighted by atomic mass is 9.94. The highest BCUT2D eigenvalue weighted by atomic mass is 16.3. The molecule has 3 nitrogen and oxygen atoms in total. The summed E-state index contributed by atoms with van der Waals surface area (Å²) < 4.78 is 5.12. The molecule has 1 N–H and O–H groups in total. The second-order valence-electron chi connectivity index (χ2n) is 5.48. The molecule has 1 aromatic heterocycles. The standard InChI is InChI=1S/C17H24N2O/c1-14(11-19(3)12-15-9-10-20-13-15)17(18-2)16-7-5-4-6-8-16/h4-10,13-14,17-18H,11-12H2,1-3H3. The van der Waals surface area contributed by atoms with Gasteiger partial charge in [-0.15, -0.1) is 0 Å². The number of hydrogen-bond donors (Lipinski definition) is 1. The van der Waals surface area contributed by atoms with Crippen LogP contribution in [-0.2, 0) is 6.54 Å². The maximum absolute atomic E-state index is 5.12. The minimum absolute atomic E-state index is 0.378. The maximum atomic E-state index is 5.12. The van der Waals surface area contributed by atoms with Gasteiger partial charge in [0.2, 0.25) is 0 Å². The Hall–Kier alpha value is -1.58. The van der Waals surface area contributed by atoms with Gasteiger partial charge in [0.15, 0.2) is 0 Å². The van der Waals surface area contributed by atoms with Crippen LogP contribution in [0.1, 0.15) is 24.1 Å². The van der Waals surface area contributed by atoms with Gasteiger partial charge >= 0.3 is 0 Å². The molecule has 0 aliphatic carbocycles. The van der Waals surface area contributed by atoms with E-state index >= 15 is 0 Å². The van der Waals surface area contributed by atoms with E-state index < -0.39 is 0 Å². The minimum atomic E-state index is 0.378. The van der Waals surface area contributed by atoms with Gasteiger partial charge < -0.3 is 14.6 Å². The third kappa shape index (κ3) is 3.95. The molecule has 0 saturated carbocycles. The molecule has 0 amide bonds. The molecule has 0 saturated heterocycles. The van der Waals surface area contributed by atoms with Crippen molar-refractivity contribution < 1.29 is 4.42 Å². The van der Waals surface area contributed by atoms with Crippen molar-refractivity contribution in [1.29, 1.82) is 0 Å². The van der Waals surface area contributed by atoms with E-state index in [4.69, 9.17) is 4.42 Å². The first-order valence-corrected chi connectivity index (χ1v) is 7.12. The molecule has 2 rings (SSSR count). The van der Waals surface area contributed by atoms with Crippen LogP contribution >= 0.6 is 0 Å². The Morgan fingerprint density at radius 2 is 1.95 bits per heavy atom. The van der Waals surface area contributed by atoms with Gasteiger partial charge in [-0.05, 0) is 31.6 Å². The van der Waals surface area contributed by atoms with E-state index in [9.17, 15) is 0 Å². The molecule has 0 aliphatic rings. The van der Waals surface area contributed by atoms with Gasteiger partial charge in [-0.3, -0.25) is 0 Å². The predicted molar refractivity (Wildman–Crippen MR) is 82.4 cm³/mol. The van der Waals surface area contributed by atoms with Crippen molar-refractivity contribution in [1.82, 2.24) is 10.2 Å². The molecular weight excluding hydrogens is 248 g/mol. The fraction of sp³-hybridized carbons (Fsp3) is 0.412. The number of rotatable bonds is 7. The molecule has 20 heavy (non-hydrogen) atoms. The zero-order valence-corrected chi connectivity index (χ0v) is 12.5. The third-order valence-corrected chi connectivity index (χ3v) is 3.67. The quantitative estimate of drug-likeness (QED) is 0.838. The summed E-state index contributed by atoms with van der Waals surface area (Å²) in [5, 5.41) is 3.44. The van der Waals surface area contributed by atoms with Crippen LogP contribution in [0, 0.1) is 5.92 Å². The number of nitrogens with one attached hydrogen (secondary N) is 1. The average Bonchev–Trinajstić information content (AvgIpc) is 2.93. The zero-order chi connectivity index (χ0) is 14.4. The summed E-state index contributed by atoms with van der Waals surface area (Å²) >= 11 is 0. The van der Waals surface area contributed by atoms with Gasteiger partial charge in [-0.1, -0.05) is 37.3 Å². The Morgan fingerprint density at radius 1 is 1.20 bits per heavy atom. The Bertz CT molecular complexity index is 481. The monoisotopic (exact) mass is 272 g/mol. The average molecular weight is 272 g/mol. The summed E-state index contributed by atoms with van der Waals surface area (Å²) in [6, 6.07) is 13.0. The van der Waals surface area contributed by atoms with Crippen molar-refractivity contribution in [2.75, 3.05) is 20.6 Å². The van der Waals surface area contributed by atoms with Crippen LogP contribution in [0.15, 0.2) is 53.3 Å². The Labute approximate surface area is 121 Å². The van der Waals surface area contributed by atoms with E-state index in [-0.39, 0.29) is 0 Å². The lowest BCUT2D eigenvalue weighted by Crippen LogP contribution is -2.32. The highest BCUT2D eigenvalue weighted by molar-refractivity contribution is 5.19. The second kappa shape index (κ2) is 7.27. The topological polar surface area (TPSA) is 28.4 Å². The summed E-state index contributed by atoms with van der Waals surface area (Å²) in [5.74, 6) is 0.527. The van der Waals surface area contributed by atoms with Crippen LogP contribution < -0.4 is 5.32 Å². The molecule has 2 unspecified atom stereocenters. The summed E-state index contributed by atoms with van der Waals surface area (Å²) in [5.41, 5.74) is 2.57. The van der Waals surface area contributed by atoms with Crippen LogP contribution in [0.25, 0.3) is 0 Å². The van der Waals surface area contributed by atoms with Gasteiger partial charge in [0.05, 0.1) is 12.5 Å². The summed E-state index contributed by atoms with van der Waals surface area (Å²) in [6.07, 6.45) is 3.54. The van der Waals surface area contributed by atoms with E-state index in [2.05, 4.69) is 54.5 Å². The lowest BCUT2D eigenvalue weighted by Gasteiger charge is -2.28. The van der Waals surface area contributed by atoms with Crippen molar-refractivity contribution in [3.05, 3.63) is 60.1 Å². The highest BCUT2D eigenvalue weighted by Gasteiger charge is 2.18. The Kier molecular flexibility index (Phi) is 5.39. The van der Waals surface area contributed by atoms with Gasteiger partial charge in [-0.25, -0.2) is 0 Å². The number of nitrogens with zero attached hydrogens (tertiary/aromatic N) is 1. The Morgan fingerprint density at radius 3 is 2.55 bits per heavy atom. The van der Waals surface area contributed by atoms with Gasteiger partial charge in [0.1, 0.15) is 0 Å². The molecule has 2 aromatic rings. The first-order chi connectivity index (χ1) is 9.70. The van der Waals surface area contributed by atoms with Gasteiger partial charge in [0, 0.05) is 24.7 Å². The smallest absolute Gasteiger partial charge is 0.0947 e. The van der Waals surface area contributed by atoms with Crippen molar-refractivity contribution in [3.8, 4) is 0 Å². The zero-order valence-electron chi connectivity index (χ0n) is 12.5. The lowest BCUT2D eigenvalue weighted by molar-refractivity contribution is 0.245. The molecule has 2 atom stereocenters. The van der Waals surface area contributed by atoms with Crippen molar-refractivity contribution in [3.63, 3.8) is 0 Å². The van der Waals surface area contributed by atoms with Crippen molar-refractivity contribution >= 4 is 0 Å². The first-order valence-electron chi connectivity index (χ1n) is 7.12. The molecule has 108 valence electrons. The van der Waals surface area contributed by atoms with E-state index in [1.54, 1.807) is 6.26 Å². The minimum Gasteiger partial charge on any atom is -0.472 e. The summed E-state index contributed by atoms with van der Waals surface area (Å²) in [7, 11) is 4.19.